The summed E-state index contributed by atoms with van der Waals surface area (Å²) in [5.74, 6) is 0.220. The number of halogens is 1. The number of anilines is 1. The highest BCUT2D eigenvalue weighted by Crippen LogP contribution is 2.31. The number of hydrogen-bond donors (Lipinski definition) is 2. The van der Waals surface area contributed by atoms with Gasteiger partial charge in [-0.05, 0) is 30.7 Å². The van der Waals surface area contributed by atoms with Crippen LogP contribution in [0.3, 0.4) is 0 Å². The Morgan fingerprint density at radius 1 is 1.00 bits per heavy atom. The molecule has 0 fully saturated rings. The lowest BCUT2D eigenvalue weighted by molar-refractivity contribution is -0.115. The van der Waals surface area contributed by atoms with Gasteiger partial charge in [-0.15, -0.1) is 0 Å². The molecule has 27 heavy (non-hydrogen) atoms. The van der Waals surface area contributed by atoms with Crippen molar-refractivity contribution in [2.45, 2.75) is 6.92 Å². The van der Waals surface area contributed by atoms with E-state index >= 15 is 0 Å². The summed E-state index contributed by atoms with van der Waals surface area (Å²) < 4.78 is 15.6. The van der Waals surface area contributed by atoms with Crippen LogP contribution in [0.5, 0.6) is 17.2 Å². The molecule has 0 bridgehead atoms. The van der Waals surface area contributed by atoms with E-state index in [1.807, 2.05) is 6.92 Å². The molecule has 0 saturated heterocycles. The normalized spacial score (nSPS) is 10.1. The second-order valence-corrected chi connectivity index (χ2v) is 5.98. The summed E-state index contributed by atoms with van der Waals surface area (Å²) in [6.07, 6.45) is 0. The van der Waals surface area contributed by atoms with E-state index in [9.17, 15) is 9.59 Å². The van der Waals surface area contributed by atoms with E-state index in [0.29, 0.717) is 28.0 Å². The van der Waals surface area contributed by atoms with E-state index in [-0.39, 0.29) is 12.1 Å². The molecule has 0 atom stereocenters. The molecule has 0 aromatic heterocycles. The minimum absolute atomic E-state index is 0.218. The first kappa shape index (κ1) is 20.4. The lowest BCUT2D eigenvalue weighted by Crippen LogP contribution is -2.33. The third-order valence-electron chi connectivity index (χ3n) is 3.82. The van der Waals surface area contributed by atoms with Gasteiger partial charge in [0.15, 0.2) is 0 Å². The number of methoxy groups -OCH3 is 3. The maximum atomic E-state index is 12.5. The summed E-state index contributed by atoms with van der Waals surface area (Å²) in [7, 11) is 4.38. The number of aryl methyl sites for hydroxylation is 1. The van der Waals surface area contributed by atoms with E-state index in [1.54, 1.807) is 30.3 Å². The largest absolute Gasteiger partial charge is 0.496 e. The second-order valence-electron chi connectivity index (χ2n) is 5.57. The van der Waals surface area contributed by atoms with Crippen molar-refractivity contribution < 1.29 is 23.8 Å². The molecule has 0 radical (unpaired) electrons. The van der Waals surface area contributed by atoms with Crippen LogP contribution in [0.1, 0.15) is 15.9 Å². The summed E-state index contributed by atoms with van der Waals surface area (Å²) in [6, 6.07) is 8.29. The maximum Gasteiger partial charge on any atom is 0.259 e. The molecule has 0 unspecified atom stereocenters. The Morgan fingerprint density at radius 2 is 1.59 bits per heavy atom. The van der Waals surface area contributed by atoms with Crippen molar-refractivity contribution in [3.63, 3.8) is 0 Å². The smallest absolute Gasteiger partial charge is 0.259 e. The van der Waals surface area contributed by atoms with Crippen LogP contribution in [-0.2, 0) is 4.79 Å². The van der Waals surface area contributed by atoms with Gasteiger partial charge in [0.25, 0.3) is 5.91 Å². The quantitative estimate of drug-likeness (QED) is 0.756. The van der Waals surface area contributed by atoms with Crippen molar-refractivity contribution in [3.8, 4) is 17.2 Å². The maximum absolute atomic E-state index is 12.5. The van der Waals surface area contributed by atoms with Crippen LogP contribution in [0.4, 0.5) is 5.69 Å². The van der Waals surface area contributed by atoms with Gasteiger partial charge in [0.1, 0.15) is 22.8 Å². The SMILES string of the molecule is COc1cc(Cl)c(C)cc1NC(=O)CNC(=O)c1c(OC)cccc1OC. The lowest BCUT2D eigenvalue weighted by atomic mass is 10.1. The Kier molecular flexibility index (Phi) is 6.90. The van der Waals surface area contributed by atoms with Crippen LogP contribution in [0, 0.1) is 6.92 Å². The molecule has 8 heteroatoms. The zero-order chi connectivity index (χ0) is 20.0. The van der Waals surface area contributed by atoms with E-state index in [4.69, 9.17) is 25.8 Å². The number of carbonyl (C=O) groups excluding carboxylic acids is 2. The zero-order valence-electron chi connectivity index (χ0n) is 15.5. The Hall–Kier alpha value is -2.93. The molecule has 7 nitrogen and oxygen atoms in total. The van der Waals surface area contributed by atoms with Gasteiger partial charge >= 0.3 is 0 Å². The fourth-order valence-electron chi connectivity index (χ4n) is 2.45. The lowest BCUT2D eigenvalue weighted by Gasteiger charge is -2.14. The fraction of sp³-hybridized carbons (Fsp3) is 0.263. The first-order chi connectivity index (χ1) is 12.9. The average Bonchev–Trinajstić information content (AvgIpc) is 2.67. The highest BCUT2D eigenvalue weighted by atomic mass is 35.5. The van der Waals surface area contributed by atoms with Gasteiger partial charge < -0.3 is 24.8 Å². The van der Waals surface area contributed by atoms with E-state index in [2.05, 4.69) is 10.6 Å². The summed E-state index contributed by atoms with van der Waals surface area (Å²) in [4.78, 5) is 24.7. The van der Waals surface area contributed by atoms with Gasteiger partial charge in [0.05, 0.1) is 33.6 Å². The molecule has 0 aliphatic heterocycles. The first-order valence-electron chi connectivity index (χ1n) is 8.04. The Balaban J connectivity index is 2.09. The molecule has 0 aliphatic carbocycles. The number of carbonyl (C=O) groups is 2. The molecular weight excluding hydrogens is 372 g/mol. The molecule has 0 heterocycles. The number of rotatable bonds is 7. The van der Waals surface area contributed by atoms with Crippen molar-refractivity contribution in [1.82, 2.24) is 5.32 Å². The zero-order valence-corrected chi connectivity index (χ0v) is 16.3. The summed E-state index contributed by atoms with van der Waals surface area (Å²) in [6.45, 7) is 1.57. The Bertz CT molecular complexity index is 832. The molecular formula is C19H21ClN2O5. The van der Waals surface area contributed by atoms with Gasteiger partial charge in [-0.1, -0.05) is 17.7 Å². The first-order valence-corrected chi connectivity index (χ1v) is 8.42. The topological polar surface area (TPSA) is 85.9 Å². The summed E-state index contributed by atoms with van der Waals surface area (Å²) in [5.41, 5.74) is 1.47. The van der Waals surface area contributed by atoms with Crippen molar-refractivity contribution in [2.75, 3.05) is 33.2 Å². The predicted octanol–water partition coefficient (Wildman–Crippen LogP) is 3.04. The molecule has 2 amide bonds. The minimum Gasteiger partial charge on any atom is -0.496 e. The highest BCUT2D eigenvalue weighted by Gasteiger charge is 2.19. The Labute approximate surface area is 162 Å². The number of hydrogen-bond acceptors (Lipinski definition) is 5. The molecule has 0 saturated carbocycles. The molecule has 144 valence electrons. The third kappa shape index (κ3) is 4.83. The van der Waals surface area contributed by atoms with Gasteiger partial charge in [-0.25, -0.2) is 0 Å². The van der Waals surface area contributed by atoms with Gasteiger partial charge in [-0.2, -0.15) is 0 Å². The van der Waals surface area contributed by atoms with Gasteiger partial charge in [0.2, 0.25) is 5.91 Å². The standard InChI is InChI=1S/C19H21ClN2O5/c1-11-8-13(16(27-4)9-12(11)20)22-17(23)10-21-19(24)18-14(25-2)6-5-7-15(18)26-3/h5-9H,10H2,1-4H3,(H,21,24)(H,22,23). The predicted molar refractivity (Wildman–Crippen MR) is 103 cm³/mol. The number of benzene rings is 2. The van der Waals surface area contributed by atoms with Gasteiger partial charge in [-0.3, -0.25) is 9.59 Å². The molecule has 2 N–H and O–H groups in total. The summed E-state index contributed by atoms with van der Waals surface area (Å²) in [5, 5.41) is 5.78. The number of nitrogens with one attached hydrogen (secondary N) is 2. The molecule has 0 spiro atoms. The fourth-order valence-corrected chi connectivity index (χ4v) is 2.60. The second kappa shape index (κ2) is 9.14. The van der Waals surface area contributed by atoms with E-state index in [1.165, 1.54) is 21.3 Å². The van der Waals surface area contributed by atoms with Crippen LogP contribution in [0.15, 0.2) is 30.3 Å². The van der Waals surface area contributed by atoms with Crippen LogP contribution in [-0.4, -0.2) is 39.7 Å². The van der Waals surface area contributed by atoms with Crippen molar-refractivity contribution in [3.05, 3.63) is 46.5 Å². The third-order valence-corrected chi connectivity index (χ3v) is 4.23. The van der Waals surface area contributed by atoms with Crippen molar-refractivity contribution in [1.29, 1.82) is 0 Å². The molecule has 2 rings (SSSR count). The van der Waals surface area contributed by atoms with Gasteiger partial charge in [0, 0.05) is 11.1 Å². The van der Waals surface area contributed by atoms with Crippen LogP contribution in [0.25, 0.3) is 0 Å². The number of amides is 2. The van der Waals surface area contributed by atoms with Crippen LogP contribution in [0.2, 0.25) is 5.02 Å². The van der Waals surface area contributed by atoms with Crippen molar-refractivity contribution >= 4 is 29.1 Å². The van der Waals surface area contributed by atoms with E-state index < -0.39 is 11.8 Å². The van der Waals surface area contributed by atoms with Crippen molar-refractivity contribution in [2.24, 2.45) is 0 Å². The monoisotopic (exact) mass is 392 g/mol. The summed E-state index contributed by atoms with van der Waals surface area (Å²) >= 11 is 6.06. The van der Waals surface area contributed by atoms with Crippen LogP contribution >= 0.6 is 11.6 Å². The Morgan fingerprint density at radius 3 is 2.15 bits per heavy atom. The number of ether oxygens (including phenoxy) is 3. The minimum atomic E-state index is -0.487. The van der Waals surface area contributed by atoms with E-state index in [0.717, 1.165) is 5.56 Å². The molecule has 2 aromatic carbocycles. The van der Waals surface area contributed by atoms with Crippen LogP contribution < -0.4 is 24.8 Å². The molecule has 2 aromatic rings. The average molecular weight is 393 g/mol. The highest BCUT2D eigenvalue weighted by molar-refractivity contribution is 6.31. The molecule has 0 aliphatic rings.